The summed E-state index contributed by atoms with van der Waals surface area (Å²) >= 11 is 5.62. The molecule has 0 fully saturated rings. The Morgan fingerprint density at radius 3 is 2.19 bits per heavy atom. The van der Waals surface area contributed by atoms with E-state index in [1.807, 2.05) is 0 Å². The van der Waals surface area contributed by atoms with Crippen LogP contribution in [0.3, 0.4) is 0 Å². The molecule has 6 heteroatoms. The molecular formula is C10H7ClF3NO. The summed E-state index contributed by atoms with van der Waals surface area (Å²) in [5, 5.41) is 9.65. The van der Waals surface area contributed by atoms with E-state index in [1.165, 1.54) is 24.3 Å². The molecule has 0 amide bonds. The molecule has 1 aromatic carbocycles. The normalized spacial score (nSPS) is 20.4. The summed E-state index contributed by atoms with van der Waals surface area (Å²) in [7, 11) is 0. The third kappa shape index (κ3) is 1.82. The third-order valence-corrected chi connectivity index (χ3v) is 2.52. The predicted octanol–water partition coefficient (Wildman–Crippen LogP) is 3.49. The Morgan fingerprint density at radius 2 is 1.75 bits per heavy atom. The Balaban J connectivity index is 2.29. The van der Waals surface area contributed by atoms with Crippen molar-refractivity contribution < 1.29 is 18.3 Å². The molecule has 1 heterocycles. The van der Waals surface area contributed by atoms with Gasteiger partial charge in [-0.1, -0.05) is 11.6 Å². The maximum Gasteiger partial charge on any atom is 0.413 e. The molecule has 1 aromatic rings. The van der Waals surface area contributed by atoms with Crippen LogP contribution in [0.4, 0.5) is 18.9 Å². The van der Waals surface area contributed by atoms with Crippen LogP contribution in [0.2, 0.25) is 5.02 Å². The molecule has 0 radical (unpaired) electrons. The van der Waals surface area contributed by atoms with Crippen LogP contribution in [0.25, 0.3) is 0 Å². The Labute approximate surface area is 94.5 Å². The number of rotatable bonds is 1. The van der Waals surface area contributed by atoms with Crippen LogP contribution >= 0.6 is 11.6 Å². The van der Waals surface area contributed by atoms with Crippen LogP contribution in [0.1, 0.15) is 0 Å². The van der Waals surface area contributed by atoms with Crippen LogP contribution in [0, 0.1) is 0 Å². The highest BCUT2D eigenvalue weighted by molar-refractivity contribution is 6.30. The minimum absolute atomic E-state index is 0.256. The van der Waals surface area contributed by atoms with Crippen LogP contribution in [-0.2, 0) is 0 Å². The van der Waals surface area contributed by atoms with Crippen molar-refractivity contribution in [3.63, 3.8) is 0 Å². The van der Waals surface area contributed by atoms with Crippen molar-refractivity contribution in [2.75, 3.05) is 4.90 Å². The second-order valence-electron chi connectivity index (χ2n) is 3.36. The highest BCUT2D eigenvalue weighted by Crippen LogP contribution is 2.38. The zero-order chi connectivity index (χ0) is 11.9. The topological polar surface area (TPSA) is 23.5 Å². The van der Waals surface area contributed by atoms with Crippen molar-refractivity contribution in [2.24, 2.45) is 0 Å². The van der Waals surface area contributed by atoms with E-state index in [2.05, 4.69) is 0 Å². The summed E-state index contributed by atoms with van der Waals surface area (Å²) in [6.07, 6.45) is -3.64. The van der Waals surface area contributed by atoms with Crippen molar-refractivity contribution in [2.45, 2.75) is 12.2 Å². The highest BCUT2D eigenvalue weighted by atomic mass is 35.5. The van der Waals surface area contributed by atoms with E-state index >= 15 is 0 Å². The zero-order valence-corrected chi connectivity index (χ0v) is 8.63. The van der Waals surface area contributed by atoms with Crippen LogP contribution in [-0.4, -0.2) is 17.3 Å². The molecule has 2 rings (SSSR count). The van der Waals surface area contributed by atoms with Gasteiger partial charge in [0, 0.05) is 16.8 Å². The van der Waals surface area contributed by atoms with Crippen LogP contribution in [0.15, 0.2) is 36.2 Å². The first-order valence-electron chi connectivity index (χ1n) is 4.42. The van der Waals surface area contributed by atoms with Gasteiger partial charge in [-0.3, -0.25) is 4.90 Å². The molecule has 1 aliphatic rings. The Morgan fingerprint density at radius 1 is 1.19 bits per heavy atom. The molecule has 0 spiro atoms. The quantitative estimate of drug-likeness (QED) is 0.824. The second-order valence-corrected chi connectivity index (χ2v) is 3.79. The van der Waals surface area contributed by atoms with Gasteiger partial charge in [-0.15, -0.1) is 0 Å². The fourth-order valence-corrected chi connectivity index (χ4v) is 1.62. The number of halogens is 4. The number of alkyl halides is 3. The third-order valence-electron chi connectivity index (χ3n) is 2.27. The number of aliphatic hydroxyl groups is 1. The van der Waals surface area contributed by atoms with E-state index in [9.17, 15) is 18.3 Å². The minimum atomic E-state index is -4.40. The van der Waals surface area contributed by atoms with Gasteiger partial charge in [-0.05, 0) is 24.3 Å². The highest BCUT2D eigenvalue weighted by Gasteiger charge is 2.49. The monoisotopic (exact) mass is 249 g/mol. The maximum atomic E-state index is 12.5. The smallest absolute Gasteiger partial charge is 0.413 e. The summed E-state index contributed by atoms with van der Waals surface area (Å²) < 4.78 is 37.4. The van der Waals surface area contributed by atoms with E-state index in [-0.39, 0.29) is 5.69 Å². The van der Waals surface area contributed by atoms with Crippen LogP contribution in [0.5, 0.6) is 0 Å². The van der Waals surface area contributed by atoms with Crippen LogP contribution < -0.4 is 4.90 Å². The van der Waals surface area contributed by atoms with Gasteiger partial charge < -0.3 is 5.11 Å². The van der Waals surface area contributed by atoms with E-state index in [1.54, 1.807) is 0 Å². The lowest BCUT2D eigenvalue weighted by Crippen LogP contribution is -2.51. The summed E-state index contributed by atoms with van der Waals surface area (Å²) in [5.74, 6) is -0.398. The average molecular weight is 250 g/mol. The summed E-state index contributed by atoms with van der Waals surface area (Å²) in [6.45, 7) is 0. The maximum absolute atomic E-state index is 12.5. The fourth-order valence-electron chi connectivity index (χ4n) is 1.49. The first-order valence-corrected chi connectivity index (χ1v) is 4.79. The zero-order valence-electron chi connectivity index (χ0n) is 7.87. The van der Waals surface area contributed by atoms with E-state index in [0.29, 0.717) is 5.02 Å². The summed E-state index contributed by atoms with van der Waals surface area (Å²) in [6, 6.07) is 4.01. The number of aliphatic hydroxyl groups excluding tert-OH is 1. The van der Waals surface area contributed by atoms with Gasteiger partial charge in [-0.2, -0.15) is 13.2 Å². The van der Waals surface area contributed by atoms with Gasteiger partial charge >= 0.3 is 6.18 Å². The molecule has 1 N–H and O–H groups in total. The SMILES string of the molecule is OC1=CC(C(F)(F)F)N1c1ccc(Cl)cc1. The molecule has 1 aliphatic heterocycles. The van der Waals surface area contributed by atoms with Gasteiger partial charge in [0.25, 0.3) is 0 Å². The number of hydrogen-bond acceptors (Lipinski definition) is 2. The van der Waals surface area contributed by atoms with Crippen molar-refractivity contribution in [3.8, 4) is 0 Å². The minimum Gasteiger partial charge on any atom is -0.495 e. The average Bonchev–Trinajstić information content (AvgIpc) is 2.16. The molecule has 16 heavy (non-hydrogen) atoms. The van der Waals surface area contributed by atoms with E-state index in [0.717, 1.165) is 11.0 Å². The molecule has 1 atom stereocenters. The van der Waals surface area contributed by atoms with Gasteiger partial charge in [0.15, 0.2) is 11.9 Å². The number of nitrogens with zero attached hydrogens (tertiary/aromatic N) is 1. The Kier molecular flexibility index (Phi) is 2.50. The molecule has 1 unspecified atom stereocenters. The van der Waals surface area contributed by atoms with E-state index in [4.69, 9.17) is 11.6 Å². The van der Waals surface area contributed by atoms with Gasteiger partial charge in [-0.25, -0.2) is 0 Å². The molecule has 0 bridgehead atoms. The first-order chi connectivity index (χ1) is 7.39. The molecule has 0 saturated carbocycles. The molecule has 0 aromatic heterocycles. The number of hydrogen-bond donors (Lipinski definition) is 1. The Bertz CT molecular complexity index is 427. The van der Waals surface area contributed by atoms with E-state index < -0.39 is 18.1 Å². The lowest BCUT2D eigenvalue weighted by molar-refractivity contribution is -0.143. The van der Waals surface area contributed by atoms with Crippen molar-refractivity contribution in [1.82, 2.24) is 0 Å². The number of anilines is 1. The molecule has 86 valence electrons. The summed E-state index contributed by atoms with van der Waals surface area (Å²) in [4.78, 5) is 0.802. The number of benzene rings is 1. The van der Waals surface area contributed by atoms with Gasteiger partial charge in [0.2, 0.25) is 0 Å². The second kappa shape index (κ2) is 3.59. The Hall–Kier alpha value is -1.36. The molecule has 0 aliphatic carbocycles. The van der Waals surface area contributed by atoms with Crippen molar-refractivity contribution >= 4 is 17.3 Å². The molecule has 2 nitrogen and oxygen atoms in total. The predicted molar refractivity (Wildman–Crippen MR) is 54.5 cm³/mol. The first kappa shape index (κ1) is 11.1. The summed E-state index contributed by atoms with van der Waals surface area (Å²) in [5.41, 5.74) is 0.256. The molecular weight excluding hydrogens is 243 g/mol. The molecule has 0 saturated heterocycles. The standard InChI is InChI=1S/C10H7ClF3NO/c11-6-1-3-7(4-2-6)15-8(5-9(15)16)10(12,13)14/h1-5,8,16H. The van der Waals surface area contributed by atoms with Crippen molar-refractivity contribution in [1.29, 1.82) is 0 Å². The largest absolute Gasteiger partial charge is 0.495 e. The lowest BCUT2D eigenvalue weighted by Gasteiger charge is -2.38. The van der Waals surface area contributed by atoms with Gasteiger partial charge in [0.05, 0.1) is 0 Å². The van der Waals surface area contributed by atoms with Crippen molar-refractivity contribution in [3.05, 3.63) is 41.2 Å². The fraction of sp³-hybridized carbons (Fsp3) is 0.200. The van der Waals surface area contributed by atoms with Gasteiger partial charge in [0.1, 0.15) is 0 Å². The lowest BCUT2D eigenvalue weighted by atomic mass is 10.1.